The SMILES string of the molecule is COCC1O[C@@H](COC[C@H]2C(C)O[C@@H](COC[C@H]3C(C)O[C@@H](COC[C@H]4C(C)O[C@@H](COC)C(O)[C@H]4O)C(O)[C@H]3O)C(O)[C@H]2O)C(O)[C@@H](O)[C@H]1OC(=O)O. The maximum atomic E-state index is 11.1. The predicted molar refractivity (Wildman–Crippen MR) is 179 cm³/mol. The van der Waals surface area contributed by atoms with Crippen LogP contribution in [-0.4, -0.2) is 223 Å². The Hall–Kier alpha value is -1.41. The van der Waals surface area contributed by atoms with Crippen LogP contribution < -0.4 is 0 Å². The molecule has 20 nitrogen and oxygen atoms in total. The maximum Gasteiger partial charge on any atom is 0.506 e. The lowest BCUT2D eigenvalue weighted by atomic mass is 9.87. The third-order valence-corrected chi connectivity index (χ3v) is 10.9. The van der Waals surface area contributed by atoms with Gasteiger partial charge in [-0.3, -0.25) is 0 Å². The number of hydrogen-bond acceptors (Lipinski definition) is 19. The summed E-state index contributed by atoms with van der Waals surface area (Å²) in [5, 5.41) is 94.6. The van der Waals surface area contributed by atoms with E-state index >= 15 is 0 Å². The first-order valence-electron chi connectivity index (χ1n) is 18.3. The zero-order chi connectivity index (χ0) is 39.9. The van der Waals surface area contributed by atoms with Crippen LogP contribution in [0.5, 0.6) is 0 Å². The van der Waals surface area contributed by atoms with E-state index in [1.54, 1.807) is 20.8 Å². The van der Waals surface area contributed by atoms with Gasteiger partial charge in [0, 0.05) is 32.0 Å². The molecule has 0 spiro atoms. The predicted octanol–water partition coefficient (Wildman–Crippen LogP) is -3.74. The minimum absolute atomic E-state index is 0.00750. The van der Waals surface area contributed by atoms with Crippen molar-refractivity contribution < 1.29 is 98.1 Å². The third kappa shape index (κ3) is 11.0. The van der Waals surface area contributed by atoms with E-state index in [2.05, 4.69) is 4.74 Å². The summed E-state index contributed by atoms with van der Waals surface area (Å²) >= 11 is 0. The first-order valence-corrected chi connectivity index (χ1v) is 18.3. The number of ether oxygens (including phenoxy) is 10. The highest BCUT2D eigenvalue weighted by Gasteiger charge is 2.49. The molecule has 0 saturated carbocycles. The number of methoxy groups -OCH3 is 2. The molecule has 4 saturated heterocycles. The molecule has 4 aliphatic heterocycles. The van der Waals surface area contributed by atoms with Crippen LogP contribution in [0.2, 0.25) is 0 Å². The van der Waals surface area contributed by atoms with Gasteiger partial charge in [0.2, 0.25) is 0 Å². The number of hydrogen-bond donors (Lipinski definition) is 9. The number of carbonyl (C=O) groups is 1. The summed E-state index contributed by atoms with van der Waals surface area (Å²) in [4.78, 5) is 11.1. The van der Waals surface area contributed by atoms with E-state index in [4.69, 9.17) is 47.7 Å². The smallest absolute Gasteiger partial charge is 0.450 e. The summed E-state index contributed by atoms with van der Waals surface area (Å²) in [5.74, 6) is -1.92. The van der Waals surface area contributed by atoms with E-state index < -0.39 is 128 Å². The topological polar surface area (TPSA) is 291 Å². The van der Waals surface area contributed by atoms with Gasteiger partial charge in [0.1, 0.15) is 61.0 Å². The van der Waals surface area contributed by atoms with Crippen molar-refractivity contribution >= 4 is 6.16 Å². The molecule has 4 fully saturated rings. The molecule has 20 atom stereocenters. The minimum Gasteiger partial charge on any atom is -0.450 e. The fourth-order valence-corrected chi connectivity index (χ4v) is 7.58. The van der Waals surface area contributed by atoms with E-state index in [0.29, 0.717) is 0 Å². The average molecular weight is 789 g/mol. The fourth-order valence-electron chi connectivity index (χ4n) is 7.58. The Morgan fingerprint density at radius 1 is 0.444 bits per heavy atom. The molecular weight excluding hydrogens is 728 g/mol. The molecule has 0 aromatic heterocycles. The van der Waals surface area contributed by atoms with Gasteiger partial charge in [0.25, 0.3) is 0 Å². The lowest BCUT2D eigenvalue weighted by Gasteiger charge is -2.44. The molecular formula is C34H60O20. The van der Waals surface area contributed by atoms with Crippen molar-refractivity contribution in [3.8, 4) is 0 Å². The van der Waals surface area contributed by atoms with E-state index in [9.17, 15) is 45.6 Å². The first kappa shape index (κ1) is 45.3. The number of aliphatic hydroxyl groups excluding tert-OH is 8. The first-order chi connectivity index (χ1) is 25.6. The van der Waals surface area contributed by atoms with Gasteiger partial charge < -0.3 is 93.3 Å². The lowest BCUT2D eigenvalue weighted by molar-refractivity contribution is -0.249. The molecule has 0 aromatic rings. The van der Waals surface area contributed by atoms with Crippen LogP contribution in [0.3, 0.4) is 0 Å². The number of rotatable bonds is 17. The second-order valence-electron chi connectivity index (χ2n) is 14.6. The monoisotopic (exact) mass is 788 g/mol. The molecule has 4 aliphatic rings. The Labute approximate surface area is 313 Å². The summed E-state index contributed by atoms with van der Waals surface area (Å²) in [6, 6.07) is 0. The molecule has 0 aliphatic carbocycles. The zero-order valence-electron chi connectivity index (χ0n) is 31.2. The van der Waals surface area contributed by atoms with Gasteiger partial charge >= 0.3 is 6.16 Å². The highest BCUT2D eigenvalue weighted by atomic mass is 16.7. The van der Waals surface area contributed by atoms with Crippen molar-refractivity contribution in [1.29, 1.82) is 0 Å². The fraction of sp³-hybridized carbons (Fsp3) is 0.971. The Morgan fingerprint density at radius 3 is 1.11 bits per heavy atom. The van der Waals surface area contributed by atoms with Crippen molar-refractivity contribution in [3.05, 3.63) is 0 Å². The molecule has 316 valence electrons. The van der Waals surface area contributed by atoms with E-state index in [1.807, 2.05) is 0 Å². The molecule has 8 unspecified atom stereocenters. The zero-order valence-corrected chi connectivity index (χ0v) is 31.2. The summed E-state index contributed by atoms with van der Waals surface area (Å²) in [7, 11) is 2.82. The lowest BCUT2D eigenvalue weighted by Crippen LogP contribution is -2.61. The molecule has 9 N–H and O–H groups in total. The highest BCUT2D eigenvalue weighted by Crippen LogP contribution is 2.31. The minimum atomic E-state index is -1.65. The van der Waals surface area contributed by atoms with Gasteiger partial charge in [-0.05, 0) is 20.8 Å². The maximum absolute atomic E-state index is 11.1. The summed E-state index contributed by atoms with van der Waals surface area (Å²) < 4.78 is 55.4. The summed E-state index contributed by atoms with van der Waals surface area (Å²) in [6.07, 6.45) is -20.0. The van der Waals surface area contributed by atoms with Crippen LogP contribution in [0.4, 0.5) is 4.79 Å². The van der Waals surface area contributed by atoms with Gasteiger partial charge in [0.15, 0.2) is 6.10 Å². The number of aliphatic hydroxyl groups is 8. The molecule has 0 bridgehead atoms. The van der Waals surface area contributed by atoms with Crippen LogP contribution in [-0.2, 0) is 47.4 Å². The average Bonchev–Trinajstić information content (AvgIpc) is 3.12. The van der Waals surface area contributed by atoms with Gasteiger partial charge in [0.05, 0.1) is 89.5 Å². The molecule has 4 rings (SSSR count). The summed E-state index contributed by atoms with van der Waals surface area (Å²) in [6.45, 7) is 4.44. The molecule has 0 aromatic carbocycles. The van der Waals surface area contributed by atoms with Crippen molar-refractivity contribution in [2.24, 2.45) is 17.8 Å². The van der Waals surface area contributed by atoms with Crippen LogP contribution >= 0.6 is 0 Å². The second-order valence-corrected chi connectivity index (χ2v) is 14.6. The van der Waals surface area contributed by atoms with Crippen LogP contribution in [0.25, 0.3) is 0 Å². The van der Waals surface area contributed by atoms with Gasteiger partial charge in [-0.15, -0.1) is 0 Å². The van der Waals surface area contributed by atoms with E-state index in [0.717, 1.165) is 0 Å². The van der Waals surface area contributed by atoms with Crippen molar-refractivity contribution in [2.75, 3.05) is 67.1 Å². The third-order valence-electron chi connectivity index (χ3n) is 10.9. The van der Waals surface area contributed by atoms with Gasteiger partial charge in [-0.25, -0.2) is 4.79 Å². The molecule has 4 heterocycles. The Bertz CT molecular complexity index is 1120. The van der Waals surface area contributed by atoms with Crippen molar-refractivity contribution in [1.82, 2.24) is 0 Å². The quantitative estimate of drug-likeness (QED) is 0.0640. The number of carboxylic acid groups (broad SMARTS) is 1. The normalized spacial score (nSPS) is 45.9. The molecule has 20 heteroatoms. The van der Waals surface area contributed by atoms with Crippen LogP contribution in [0.1, 0.15) is 20.8 Å². The highest BCUT2D eigenvalue weighted by molar-refractivity contribution is 5.57. The molecule has 0 radical (unpaired) electrons. The van der Waals surface area contributed by atoms with Crippen LogP contribution in [0, 0.1) is 17.8 Å². The standard InChI is InChI=1S/C34H60O20/c1-14-17(25(35)28(38)20(50-14)9-45-4)6-47-11-21-29(39)26(36)18(15(2)51-21)7-48-12-22-30(40)27(37)19(16(3)52-22)8-49-13-23-31(41)32(42)33(54-34(43)44)24(53-23)10-46-5/h14-33,35-42H,6-13H2,1-5H3,(H,43,44)/t14?,15?,16?,17-,18-,19-,20-,21-,22-,23-,24?,25-,26-,27-,28?,29?,30?,31?,32+,33-/m0/s1. The Kier molecular flexibility index (Phi) is 17.5. The second kappa shape index (κ2) is 20.8. The van der Waals surface area contributed by atoms with Crippen LogP contribution in [0.15, 0.2) is 0 Å². The van der Waals surface area contributed by atoms with Gasteiger partial charge in [-0.1, -0.05) is 0 Å². The molecule has 0 amide bonds. The Balaban J connectivity index is 1.19. The summed E-state index contributed by atoms with van der Waals surface area (Å²) in [5.41, 5.74) is 0. The van der Waals surface area contributed by atoms with E-state index in [-0.39, 0.29) is 52.9 Å². The molecule has 54 heavy (non-hydrogen) atoms. The Morgan fingerprint density at radius 2 is 0.759 bits per heavy atom. The van der Waals surface area contributed by atoms with Crippen molar-refractivity contribution in [2.45, 2.75) is 125 Å². The largest absolute Gasteiger partial charge is 0.506 e. The van der Waals surface area contributed by atoms with E-state index in [1.165, 1.54) is 14.2 Å². The van der Waals surface area contributed by atoms with Gasteiger partial charge in [-0.2, -0.15) is 0 Å². The van der Waals surface area contributed by atoms with Crippen molar-refractivity contribution in [3.63, 3.8) is 0 Å².